The highest BCUT2D eigenvalue weighted by Crippen LogP contribution is 2.38. The summed E-state index contributed by atoms with van der Waals surface area (Å²) < 4.78 is 1.05. The standard InChI is InChI=1S/C11H12BrN3OS/c12-8-4-3-7(17-8)9-10(13)14-11(16)15(9)5-6-1-2-6/h3-4,6,9H,1-2,5H2,(H2,13,14,16). The molecule has 0 aromatic carbocycles. The van der Waals surface area contributed by atoms with Crippen LogP contribution in [0.15, 0.2) is 20.9 Å². The topological polar surface area (TPSA) is 58.7 Å². The SMILES string of the molecule is NC1=NC(=O)N(CC2CC2)C1c1ccc(Br)s1. The predicted octanol–water partition coefficient (Wildman–Crippen LogP) is 2.75. The number of carbonyl (C=O) groups excluding carboxylic acids is 1. The molecule has 1 aliphatic heterocycles. The molecule has 0 radical (unpaired) electrons. The number of nitrogens with zero attached hydrogens (tertiary/aromatic N) is 2. The Balaban J connectivity index is 1.88. The lowest BCUT2D eigenvalue weighted by Gasteiger charge is -2.23. The molecule has 90 valence electrons. The van der Waals surface area contributed by atoms with Gasteiger partial charge in [-0.3, -0.25) is 0 Å². The van der Waals surface area contributed by atoms with Gasteiger partial charge in [0, 0.05) is 11.4 Å². The van der Waals surface area contributed by atoms with Crippen LogP contribution in [0.25, 0.3) is 0 Å². The average molecular weight is 314 g/mol. The van der Waals surface area contributed by atoms with E-state index in [0.29, 0.717) is 11.8 Å². The van der Waals surface area contributed by atoms with E-state index < -0.39 is 0 Å². The number of aliphatic imine (C=N–C) groups is 1. The molecule has 6 heteroatoms. The van der Waals surface area contributed by atoms with Crippen molar-refractivity contribution in [1.82, 2.24) is 4.90 Å². The Bertz CT molecular complexity index is 495. The van der Waals surface area contributed by atoms with E-state index in [0.717, 1.165) is 15.2 Å². The van der Waals surface area contributed by atoms with Crippen molar-refractivity contribution >= 4 is 39.1 Å². The Kier molecular flexibility index (Phi) is 2.71. The van der Waals surface area contributed by atoms with Crippen LogP contribution in [0, 0.1) is 5.92 Å². The Hall–Kier alpha value is -0.880. The molecule has 2 amide bonds. The van der Waals surface area contributed by atoms with Crippen LogP contribution in [-0.2, 0) is 0 Å². The largest absolute Gasteiger partial charge is 0.385 e. The maximum absolute atomic E-state index is 11.8. The van der Waals surface area contributed by atoms with Crippen LogP contribution in [0.1, 0.15) is 23.8 Å². The van der Waals surface area contributed by atoms with Gasteiger partial charge in [-0.2, -0.15) is 4.99 Å². The quantitative estimate of drug-likeness (QED) is 0.932. The number of amidine groups is 1. The summed E-state index contributed by atoms with van der Waals surface area (Å²) in [5.74, 6) is 1.07. The van der Waals surface area contributed by atoms with Gasteiger partial charge in [0.25, 0.3) is 0 Å². The van der Waals surface area contributed by atoms with Crippen molar-refractivity contribution in [2.24, 2.45) is 16.6 Å². The van der Waals surface area contributed by atoms with Crippen LogP contribution in [-0.4, -0.2) is 23.3 Å². The number of amides is 2. The summed E-state index contributed by atoms with van der Waals surface area (Å²) >= 11 is 5.04. The van der Waals surface area contributed by atoms with E-state index in [-0.39, 0.29) is 12.1 Å². The Morgan fingerprint density at radius 3 is 2.88 bits per heavy atom. The lowest BCUT2D eigenvalue weighted by molar-refractivity contribution is 0.204. The first-order valence-corrected chi connectivity index (χ1v) is 7.16. The highest BCUT2D eigenvalue weighted by atomic mass is 79.9. The van der Waals surface area contributed by atoms with E-state index in [1.165, 1.54) is 12.8 Å². The number of hydrogen-bond donors (Lipinski definition) is 1. The van der Waals surface area contributed by atoms with Gasteiger partial charge in [-0.15, -0.1) is 11.3 Å². The Labute approximate surface area is 112 Å². The average Bonchev–Trinajstić information content (AvgIpc) is 2.92. The summed E-state index contributed by atoms with van der Waals surface area (Å²) in [6, 6.07) is 3.63. The minimum atomic E-state index is -0.191. The van der Waals surface area contributed by atoms with Gasteiger partial charge in [-0.25, -0.2) is 4.79 Å². The van der Waals surface area contributed by atoms with E-state index in [1.807, 2.05) is 12.1 Å². The Morgan fingerprint density at radius 2 is 2.29 bits per heavy atom. The van der Waals surface area contributed by atoms with Crippen LogP contribution < -0.4 is 5.73 Å². The van der Waals surface area contributed by atoms with Crippen LogP contribution >= 0.6 is 27.3 Å². The first-order chi connectivity index (χ1) is 8.15. The molecule has 4 nitrogen and oxygen atoms in total. The van der Waals surface area contributed by atoms with Gasteiger partial charge in [-0.1, -0.05) is 0 Å². The molecule has 2 N–H and O–H groups in total. The molecule has 0 bridgehead atoms. The smallest absolute Gasteiger partial charge is 0.346 e. The minimum absolute atomic E-state index is 0.153. The molecule has 1 aromatic heterocycles. The predicted molar refractivity (Wildman–Crippen MR) is 71.2 cm³/mol. The molecule has 0 saturated heterocycles. The van der Waals surface area contributed by atoms with Gasteiger partial charge < -0.3 is 10.6 Å². The zero-order chi connectivity index (χ0) is 12.0. The minimum Gasteiger partial charge on any atom is -0.385 e. The summed E-state index contributed by atoms with van der Waals surface area (Å²) in [5.41, 5.74) is 5.88. The summed E-state index contributed by atoms with van der Waals surface area (Å²) in [5, 5.41) is 0. The molecule has 2 aliphatic rings. The maximum Gasteiger partial charge on any atom is 0.346 e. The number of nitrogens with two attached hydrogens (primary N) is 1. The first-order valence-electron chi connectivity index (χ1n) is 5.55. The molecule has 1 atom stereocenters. The molecule has 1 aliphatic carbocycles. The number of urea groups is 1. The highest BCUT2D eigenvalue weighted by molar-refractivity contribution is 9.11. The van der Waals surface area contributed by atoms with Gasteiger partial charge >= 0.3 is 6.03 Å². The maximum atomic E-state index is 11.8. The first kappa shape index (κ1) is 11.2. The molecule has 0 spiro atoms. The number of hydrogen-bond acceptors (Lipinski definition) is 3. The number of thiophene rings is 1. The van der Waals surface area contributed by atoms with Crippen molar-refractivity contribution < 1.29 is 4.79 Å². The van der Waals surface area contributed by atoms with Crippen LogP contribution in [0.3, 0.4) is 0 Å². The molecule has 17 heavy (non-hydrogen) atoms. The van der Waals surface area contributed by atoms with E-state index in [9.17, 15) is 4.79 Å². The van der Waals surface area contributed by atoms with Gasteiger partial charge in [0.2, 0.25) is 0 Å². The normalized spacial score (nSPS) is 24.3. The Morgan fingerprint density at radius 1 is 1.53 bits per heavy atom. The van der Waals surface area contributed by atoms with Gasteiger partial charge in [0.05, 0.1) is 3.79 Å². The number of halogens is 1. The fraction of sp³-hybridized carbons (Fsp3) is 0.455. The second-order valence-electron chi connectivity index (χ2n) is 4.46. The monoisotopic (exact) mass is 313 g/mol. The second kappa shape index (κ2) is 4.10. The van der Waals surface area contributed by atoms with E-state index in [2.05, 4.69) is 20.9 Å². The third-order valence-electron chi connectivity index (χ3n) is 3.08. The molecule has 2 heterocycles. The van der Waals surface area contributed by atoms with E-state index >= 15 is 0 Å². The van der Waals surface area contributed by atoms with E-state index in [4.69, 9.17) is 5.73 Å². The molecule has 1 saturated carbocycles. The molecule has 1 fully saturated rings. The summed E-state index contributed by atoms with van der Waals surface area (Å²) in [7, 11) is 0. The highest BCUT2D eigenvalue weighted by Gasteiger charge is 2.38. The lowest BCUT2D eigenvalue weighted by Crippen LogP contribution is -2.34. The molecule has 1 aromatic rings. The zero-order valence-corrected chi connectivity index (χ0v) is 11.5. The summed E-state index contributed by atoms with van der Waals surface area (Å²) in [4.78, 5) is 18.6. The van der Waals surface area contributed by atoms with Crippen molar-refractivity contribution in [2.45, 2.75) is 18.9 Å². The van der Waals surface area contributed by atoms with Crippen molar-refractivity contribution in [3.8, 4) is 0 Å². The van der Waals surface area contributed by atoms with Gasteiger partial charge in [0.1, 0.15) is 11.9 Å². The summed E-state index contributed by atoms with van der Waals surface area (Å²) in [6.07, 6.45) is 2.43. The second-order valence-corrected chi connectivity index (χ2v) is 6.95. The number of rotatable bonds is 3. The fourth-order valence-electron chi connectivity index (χ4n) is 2.04. The summed E-state index contributed by atoms with van der Waals surface area (Å²) in [6.45, 7) is 0.781. The van der Waals surface area contributed by atoms with Crippen molar-refractivity contribution in [3.63, 3.8) is 0 Å². The van der Waals surface area contributed by atoms with Crippen molar-refractivity contribution in [3.05, 3.63) is 20.8 Å². The molecular formula is C11H12BrN3OS. The molecule has 1 unspecified atom stereocenters. The number of carbonyl (C=O) groups is 1. The lowest BCUT2D eigenvalue weighted by atomic mass is 10.2. The third-order valence-corrected chi connectivity index (χ3v) is 4.75. The third kappa shape index (κ3) is 2.11. The van der Waals surface area contributed by atoms with Crippen molar-refractivity contribution in [1.29, 1.82) is 0 Å². The van der Waals surface area contributed by atoms with Crippen LogP contribution in [0.5, 0.6) is 0 Å². The fourth-order valence-corrected chi connectivity index (χ4v) is 3.59. The molecular weight excluding hydrogens is 302 g/mol. The molecule has 3 rings (SSSR count). The van der Waals surface area contributed by atoms with Crippen LogP contribution in [0.4, 0.5) is 4.79 Å². The van der Waals surface area contributed by atoms with Crippen LogP contribution in [0.2, 0.25) is 0 Å². The van der Waals surface area contributed by atoms with E-state index in [1.54, 1.807) is 16.2 Å². The van der Waals surface area contributed by atoms with Crippen molar-refractivity contribution in [2.75, 3.05) is 6.54 Å². The van der Waals surface area contributed by atoms with Gasteiger partial charge in [0.15, 0.2) is 0 Å². The van der Waals surface area contributed by atoms with Gasteiger partial charge in [-0.05, 0) is 46.8 Å². The zero-order valence-electron chi connectivity index (χ0n) is 9.10.